The lowest BCUT2D eigenvalue weighted by Crippen LogP contribution is -2.16. The van der Waals surface area contributed by atoms with E-state index in [4.69, 9.17) is 5.73 Å². The van der Waals surface area contributed by atoms with Crippen LogP contribution >= 0.6 is 0 Å². The van der Waals surface area contributed by atoms with Gasteiger partial charge in [-0.2, -0.15) is 8.78 Å². The zero-order valence-electron chi connectivity index (χ0n) is 16.5. The van der Waals surface area contributed by atoms with E-state index in [9.17, 15) is 8.78 Å². The van der Waals surface area contributed by atoms with E-state index in [2.05, 4.69) is 28.6 Å². The molecule has 1 atom stereocenters. The minimum Gasteiger partial charge on any atom is -0.435 e. The van der Waals surface area contributed by atoms with Crippen molar-refractivity contribution >= 4 is 28.4 Å². The van der Waals surface area contributed by atoms with Crippen LogP contribution in [0.3, 0.4) is 0 Å². The van der Waals surface area contributed by atoms with Gasteiger partial charge in [-0.05, 0) is 24.0 Å². The van der Waals surface area contributed by atoms with Crippen LogP contribution in [0.25, 0.3) is 11.0 Å². The first-order chi connectivity index (χ1) is 13.3. The molecule has 3 aromatic rings. The van der Waals surface area contributed by atoms with Crippen LogP contribution in [-0.4, -0.2) is 28.2 Å². The normalized spacial score (nSPS) is 12.5. The third kappa shape index (κ3) is 3.85. The van der Waals surface area contributed by atoms with Gasteiger partial charge in [-0.15, -0.1) is 0 Å². The van der Waals surface area contributed by atoms with Crippen LogP contribution in [0.5, 0.6) is 5.75 Å². The number of fused-ring (bicyclic) bond motifs is 1. The average Bonchev–Trinajstić information content (AvgIpc) is 3.02. The second-order valence-electron chi connectivity index (χ2n) is 6.94. The average molecular weight is 389 g/mol. The van der Waals surface area contributed by atoms with E-state index in [1.807, 2.05) is 35.7 Å². The van der Waals surface area contributed by atoms with Crippen LogP contribution in [0.1, 0.15) is 38.2 Å². The summed E-state index contributed by atoms with van der Waals surface area (Å²) < 4.78 is 31.9. The Hall–Kier alpha value is -2.90. The number of halogens is 2. The quantitative estimate of drug-likeness (QED) is 0.627. The standard InChI is InChI=1S/C20H25F2N5O/c1-5-6-12(2)14-8-7-13(28-20(21)22)9-15(14)27(4)17-10-16-18(19(23)25-17)24-11-26(16)3/h7-12,20H,5-6H2,1-4H3,(H2,23,25). The zero-order valence-corrected chi connectivity index (χ0v) is 16.5. The number of rotatable bonds is 7. The van der Waals surface area contributed by atoms with Crippen LogP contribution in [0.2, 0.25) is 0 Å². The van der Waals surface area contributed by atoms with Gasteiger partial charge >= 0.3 is 6.61 Å². The fraction of sp³-hybridized carbons (Fsp3) is 0.400. The lowest BCUT2D eigenvalue weighted by atomic mass is 9.94. The number of hydrogen-bond donors (Lipinski definition) is 1. The molecular formula is C20H25F2N5O. The van der Waals surface area contributed by atoms with E-state index in [1.165, 1.54) is 0 Å². The van der Waals surface area contributed by atoms with Gasteiger partial charge in [0.15, 0.2) is 5.82 Å². The molecule has 28 heavy (non-hydrogen) atoms. The van der Waals surface area contributed by atoms with E-state index in [1.54, 1.807) is 18.5 Å². The van der Waals surface area contributed by atoms with E-state index < -0.39 is 6.61 Å². The lowest BCUT2D eigenvalue weighted by Gasteiger charge is -2.25. The molecule has 0 aliphatic rings. The number of anilines is 3. The molecule has 3 rings (SSSR count). The molecule has 2 aromatic heterocycles. The molecule has 6 nitrogen and oxygen atoms in total. The van der Waals surface area contributed by atoms with Crippen molar-refractivity contribution in [3.63, 3.8) is 0 Å². The summed E-state index contributed by atoms with van der Waals surface area (Å²) >= 11 is 0. The fourth-order valence-electron chi connectivity index (χ4n) is 3.43. The van der Waals surface area contributed by atoms with Gasteiger partial charge in [0.2, 0.25) is 0 Å². The predicted molar refractivity (Wildman–Crippen MR) is 107 cm³/mol. The number of imidazole rings is 1. The van der Waals surface area contributed by atoms with Gasteiger partial charge in [-0.1, -0.05) is 26.3 Å². The van der Waals surface area contributed by atoms with Crippen LogP contribution in [-0.2, 0) is 7.05 Å². The zero-order chi connectivity index (χ0) is 20.4. The summed E-state index contributed by atoms with van der Waals surface area (Å²) in [6.07, 6.45) is 3.68. The minimum absolute atomic E-state index is 0.110. The predicted octanol–water partition coefficient (Wildman–Crippen LogP) is 4.82. The van der Waals surface area contributed by atoms with Crippen molar-refractivity contribution in [3.8, 4) is 5.75 Å². The number of nitrogens with zero attached hydrogens (tertiary/aromatic N) is 4. The van der Waals surface area contributed by atoms with Gasteiger partial charge in [0.05, 0.1) is 11.8 Å². The van der Waals surface area contributed by atoms with Crippen molar-refractivity contribution in [1.29, 1.82) is 0 Å². The Morgan fingerprint density at radius 3 is 2.71 bits per heavy atom. The van der Waals surface area contributed by atoms with Gasteiger partial charge in [0, 0.05) is 31.9 Å². The van der Waals surface area contributed by atoms with Crippen LogP contribution in [0.15, 0.2) is 30.6 Å². The van der Waals surface area contributed by atoms with Crippen LogP contribution < -0.4 is 15.4 Å². The Morgan fingerprint density at radius 1 is 1.29 bits per heavy atom. The third-order valence-electron chi connectivity index (χ3n) is 4.91. The number of aromatic nitrogens is 3. The van der Waals surface area contributed by atoms with E-state index in [0.717, 1.165) is 29.6 Å². The topological polar surface area (TPSA) is 69.2 Å². The minimum atomic E-state index is -2.88. The molecule has 0 fully saturated rings. The molecule has 0 aliphatic heterocycles. The summed E-state index contributed by atoms with van der Waals surface area (Å²) in [5.74, 6) is 1.29. The number of hydrogen-bond acceptors (Lipinski definition) is 5. The van der Waals surface area contributed by atoms with Gasteiger partial charge in [-0.3, -0.25) is 0 Å². The molecule has 150 valence electrons. The number of ether oxygens (including phenoxy) is 1. The molecule has 2 heterocycles. The first kappa shape index (κ1) is 19.9. The number of aryl methyl sites for hydroxylation is 1. The molecule has 0 saturated carbocycles. The molecule has 0 spiro atoms. The maximum absolute atomic E-state index is 12.7. The summed E-state index contributed by atoms with van der Waals surface area (Å²) in [5.41, 5.74) is 9.36. The first-order valence-electron chi connectivity index (χ1n) is 9.21. The Balaban J connectivity index is 2.10. The van der Waals surface area contributed by atoms with Gasteiger partial charge in [0.1, 0.15) is 17.1 Å². The Labute approximate surface area is 162 Å². The molecule has 0 radical (unpaired) electrons. The number of nitrogen functional groups attached to an aromatic ring is 1. The highest BCUT2D eigenvalue weighted by Crippen LogP contribution is 2.37. The van der Waals surface area contributed by atoms with Crippen molar-refractivity contribution in [2.75, 3.05) is 17.7 Å². The molecule has 0 saturated heterocycles. The monoisotopic (exact) mass is 389 g/mol. The van der Waals surface area contributed by atoms with E-state index in [-0.39, 0.29) is 11.7 Å². The van der Waals surface area contributed by atoms with Crippen molar-refractivity contribution in [2.24, 2.45) is 7.05 Å². The largest absolute Gasteiger partial charge is 0.435 e. The Bertz CT molecular complexity index is 973. The highest BCUT2D eigenvalue weighted by Gasteiger charge is 2.19. The number of benzene rings is 1. The highest BCUT2D eigenvalue weighted by atomic mass is 19.3. The molecular weight excluding hydrogens is 364 g/mol. The first-order valence-corrected chi connectivity index (χ1v) is 9.21. The van der Waals surface area contributed by atoms with E-state index in [0.29, 0.717) is 17.2 Å². The Morgan fingerprint density at radius 2 is 2.04 bits per heavy atom. The maximum atomic E-state index is 12.7. The molecule has 8 heteroatoms. The summed E-state index contributed by atoms with van der Waals surface area (Å²) in [6, 6.07) is 6.93. The smallest absolute Gasteiger partial charge is 0.387 e. The fourth-order valence-corrected chi connectivity index (χ4v) is 3.43. The summed E-state index contributed by atoms with van der Waals surface area (Å²) in [4.78, 5) is 10.6. The summed E-state index contributed by atoms with van der Waals surface area (Å²) in [7, 11) is 3.72. The number of nitrogens with two attached hydrogens (primary N) is 1. The summed E-state index contributed by atoms with van der Waals surface area (Å²) in [5, 5.41) is 0. The van der Waals surface area contributed by atoms with Crippen LogP contribution in [0.4, 0.5) is 26.1 Å². The van der Waals surface area contributed by atoms with Crippen molar-refractivity contribution in [2.45, 2.75) is 39.2 Å². The Kier molecular flexibility index (Phi) is 5.67. The number of pyridine rings is 1. The van der Waals surface area contributed by atoms with Crippen molar-refractivity contribution in [3.05, 3.63) is 36.2 Å². The van der Waals surface area contributed by atoms with E-state index >= 15 is 0 Å². The van der Waals surface area contributed by atoms with Crippen LogP contribution in [0, 0.1) is 0 Å². The maximum Gasteiger partial charge on any atom is 0.387 e. The molecule has 1 aromatic carbocycles. The van der Waals surface area contributed by atoms with Crippen molar-refractivity contribution < 1.29 is 13.5 Å². The van der Waals surface area contributed by atoms with Gasteiger partial charge in [0.25, 0.3) is 0 Å². The SMILES string of the molecule is CCCC(C)c1ccc(OC(F)F)cc1N(C)c1cc2c(ncn2C)c(N)n1. The lowest BCUT2D eigenvalue weighted by molar-refractivity contribution is -0.0498. The molecule has 1 unspecified atom stereocenters. The van der Waals surface area contributed by atoms with Crippen molar-refractivity contribution in [1.82, 2.24) is 14.5 Å². The molecule has 0 amide bonds. The number of alkyl halides is 2. The molecule has 0 bridgehead atoms. The molecule has 2 N–H and O–H groups in total. The second kappa shape index (κ2) is 8.00. The van der Waals surface area contributed by atoms with Gasteiger partial charge < -0.3 is 19.9 Å². The third-order valence-corrected chi connectivity index (χ3v) is 4.91. The van der Waals surface area contributed by atoms with Gasteiger partial charge in [-0.25, -0.2) is 9.97 Å². The summed E-state index contributed by atoms with van der Waals surface area (Å²) in [6.45, 7) is 1.36. The highest BCUT2D eigenvalue weighted by molar-refractivity contribution is 5.88. The molecule has 0 aliphatic carbocycles. The second-order valence-corrected chi connectivity index (χ2v) is 6.94.